The van der Waals surface area contributed by atoms with Gasteiger partial charge in [-0.1, -0.05) is 6.92 Å². The molecule has 0 saturated carbocycles. The Kier molecular flexibility index (Phi) is 6.32. The molecule has 1 aromatic carbocycles. The Morgan fingerprint density at radius 1 is 1.53 bits per heavy atom. The lowest BCUT2D eigenvalue weighted by Crippen LogP contribution is -2.30. The van der Waals surface area contributed by atoms with Crippen molar-refractivity contribution in [3.63, 3.8) is 0 Å². The predicted molar refractivity (Wildman–Crippen MR) is 70.6 cm³/mol. The Morgan fingerprint density at radius 3 is 2.88 bits per heavy atom. The maximum atomic E-state index is 13.2. The summed E-state index contributed by atoms with van der Waals surface area (Å²) in [5.41, 5.74) is 3.47. The van der Waals surface area contributed by atoms with Crippen LogP contribution in [0.5, 0.6) is 5.75 Å². The molecule has 0 bridgehead atoms. The summed E-state index contributed by atoms with van der Waals surface area (Å²) in [5, 5.41) is 0. The van der Waals surface area contributed by atoms with Crippen LogP contribution in [0.2, 0.25) is 0 Å². The molecule has 1 unspecified atom stereocenters. The van der Waals surface area contributed by atoms with Crippen molar-refractivity contribution in [2.75, 3.05) is 18.6 Å². The standard InChI is InChI=1S/C12H19FN2OS/c1-3-6-17-8-11(15-14)10-7-9(13)4-5-12(10)16-2/h4-5,7,11,15H,3,6,8,14H2,1-2H3. The topological polar surface area (TPSA) is 47.3 Å². The summed E-state index contributed by atoms with van der Waals surface area (Å²) in [4.78, 5) is 0. The van der Waals surface area contributed by atoms with Crippen LogP contribution in [0.3, 0.4) is 0 Å². The minimum atomic E-state index is -0.276. The Bertz CT molecular complexity index is 349. The third-order valence-corrected chi connectivity index (χ3v) is 3.67. The molecule has 0 aliphatic rings. The number of hydrazine groups is 1. The third kappa shape index (κ3) is 4.18. The molecule has 0 aliphatic carbocycles. The molecule has 0 radical (unpaired) electrons. The van der Waals surface area contributed by atoms with E-state index in [0.29, 0.717) is 5.75 Å². The Hall–Kier alpha value is -0.780. The highest BCUT2D eigenvalue weighted by Gasteiger charge is 2.15. The van der Waals surface area contributed by atoms with Crippen LogP contribution in [-0.2, 0) is 0 Å². The van der Waals surface area contributed by atoms with Crippen LogP contribution in [0.4, 0.5) is 4.39 Å². The summed E-state index contributed by atoms with van der Waals surface area (Å²) < 4.78 is 18.5. The van der Waals surface area contributed by atoms with E-state index in [-0.39, 0.29) is 11.9 Å². The molecule has 1 aromatic rings. The van der Waals surface area contributed by atoms with Crippen molar-refractivity contribution >= 4 is 11.8 Å². The van der Waals surface area contributed by atoms with E-state index in [0.717, 1.165) is 23.5 Å². The van der Waals surface area contributed by atoms with Crippen molar-refractivity contribution in [3.8, 4) is 5.75 Å². The van der Waals surface area contributed by atoms with Crippen LogP contribution in [0.15, 0.2) is 18.2 Å². The molecule has 0 saturated heterocycles. The molecule has 1 atom stereocenters. The molecule has 3 N–H and O–H groups in total. The lowest BCUT2D eigenvalue weighted by molar-refractivity contribution is 0.401. The molecule has 0 heterocycles. The van der Waals surface area contributed by atoms with Gasteiger partial charge in [-0.25, -0.2) is 4.39 Å². The summed E-state index contributed by atoms with van der Waals surface area (Å²) in [5.74, 6) is 7.76. The van der Waals surface area contributed by atoms with E-state index in [2.05, 4.69) is 12.3 Å². The van der Waals surface area contributed by atoms with Crippen LogP contribution < -0.4 is 16.0 Å². The maximum Gasteiger partial charge on any atom is 0.123 e. The highest BCUT2D eigenvalue weighted by Crippen LogP contribution is 2.28. The number of rotatable bonds is 7. The SMILES string of the molecule is CCCSCC(NN)c1cc(F)ccc1OC. The number of nitrogens with two attached hydrogens (primary N) is 1. The first-order valence-corrected chi connectivity index (χ1v) is 6.75. The molecular weight excluding hydrogens is 239 g/mol. The van der Waals surface area contributed by atoms with Gasteiger partial charge in [-0.2, -0.15) is 11.8 Å². The van der Waals surface area contributed by atoms with Crippen LogP contribution in [0, 0.1) is 5.82 Å². The van der Waals surface area contributed by atoms with Gasteiger partial charge in [0.1, 0.15) is 11.6 Å². The van der Waals surface area contributed by atoms with Gasteiger partial charge < -0.3 is 4.74 Å². The molecular formula is C12H19FN2OS. The van der Waals surface area contributed by atoms with Gasteiger partial charge in [-0.05, 0) is 30.4 Å². The number of halogens is 1. The first-order chi connectivity index (χ1) is 8.22. The van der Waals surface area contributed by atoms with E-state index in [1.54, 1.807) is 24.9 Å². The van der Waals surface area contributed by atoms with Crippen molar-refractivity contribution < 1.29 is 9.13 Å². The fourth-order valence-electron chi connectivity index (χ4n) is 1.55. The van der Waals surface area contributed by atoms with Crippen molar-refractivity contribution in [1.29, 1.82) is 0 Å². The first-order valence-electron chi connectivity index (χ1n) is 5.60. The van der Waals surface area contributed by atoms with Gasteiger partial charge in [0, 0.05) is 11.3 Å². The molecule has 17 heavy (non-hydrogen) atoms. The van der Waals surface area contributed by atoms with Gasteiger partial charge in [0.2, 0.25) is 0 Å². The predicted octanol–water partition coefficient (Wildman–Crippen LogP) is 2.48. The summed E-state index contributed by atoms with van der Waals surface area (Å²) in [7, 11) is 1.57. The maximum absolute atomic E-state index is 13.2. The van der Waals surface area contributed by atoms with Gasteiger partial charge in [0.25, 0.3) is 0 Å². The van der Waals surface area contributed by atoms with Crippen molar-refractivity contribution in [2.24, 2.45) is 5.84 Å². The number of hydrogen-bond donors (Lipinski definition) is 2. The van der Waals surface area contributed by atoms with Gasteiger partial charge in [0.05, 0.1) is 13.2 Å². The van der Waals surface area contributed by atoms with E-state index >= 15 is 0 Å². The molecule has 0 aromatic heterocycles. The van der Waals surface area contributed by atoms with Crippen molar-refractivity contribution in [1.82, 2.24) is 5.43 Å². The highest BCUT2D eigenvalue weighted by molar-refractivity contribution is 7.99. The molecule has 5 heteroatoms. The zero-order valence-electron chi connectivity index (χ0n) is 10.2. The highest BCUT2D eigenvalue weighted by atomic mass is 32.2. The van der Waals surface area contributed by atoms with Gasteiger partial charge in [-0.3, -0.25) is 11.3 Å². The number of hydrogen-bond acceptors (Lipinski definition) is 4. The van der Waals surface area contributed by atoms with Crippen LogP contribution in [0.25, 0.3) is 0 Å². The minimum Gasteiger partial charge on any atom is -0.496 e. The lowest BCUT2D eigenvalue weighted by atomic mass is 10.1. The summed E-state index contributed by atoms with van der Waals surface area (Å²) in [6, 6.07) is 4.38. The number of nitrogens with one attached hydrogen (secondary N) is 1. The molecule has 0 spiro atoms. The zero-order valence-corrected chi connectivity index (χ0v) is 11.0. The Balaban J connectivity index is 2.82. The van der Waals surface area contributed by atoms with Gasteiger partial charge in [-0.15, -0.1) is 0 Å². The normalized spacial score (nSPS) is 12.5. The smallest absolute Gasteiger partial charge is 0.123 e. The molecule has 1 rings (SSSR count). The zero-order chi connectivity index (χ0) is 12.7. The lowest BCUT2D eigenvalue weighted by Gasteiger charge is -2.18. The van der Waals surface area contributed by atoms with Crippen LogP contribution in [-0.4, -0.2) is 18.6 Å². The second-order valence-corrected chi connectivity index (χ2v) is 4.83. The van der Waals surface area contributed by atoms with Crippen molar-refractivity contribution in [2.45, 2.75) is 19.4 Å². The number of ether oxygens (including phenoxy) is 1. The van der Waals surface area contributed by atoms with E-state index in [1.807, 2.05) is 0 Å². The van der Waals surface area contributed by atoms with Gasteiger partial charge in [0.15, 0.2) is 0 Å². The van der Waals surface area contributed by atoms with Gasteiger partial charge >= 0.3 is 0 Å². The fourth-order valence-corrected chi connectivity index (χ4v) is 2.52. The van der Waals surface area contributed by atoms with Crippen molar-refractivity contribution in [3.05, 3.63) is 29.6 Å². The Labute approximate surface area is 106 Å². The molecule has 0 aliphatic heterocycles. The second kappa shape index (κ2) is 7.53. The fraction of sp³-hybridized carbons (Fsp3) is 0.500. The van der Waals surface area contributed by atoms with E-state index in [4.69, 9.17) is 10.6 Å². The minimum absolute atomic E-state index is 0.0998. The largest absolute Gasteiger partial charge is 0.496 e. The van der Waals surface area contributed by atoms with Crippen LogP contribution >= 0.6 is 11.8 Å². The average molecular weight is 258 g/mol. The summed E-state index contributed by atoms with van der Waals surface area (Å²) >= 11 is 1.79. The quantitative estimate of drug-likeness (QED) is 0.448. The number of benzene rings is 1. The van der Waals surface area contributed by atoms with E-state index < -0.39 is 0 Å². The Morgan fingerprint density at radius 2 is 2.29 bits per heavy atom. The molecule has 3 nitrogen and oxygen atoms in total. The van der Waals surface area contributed by atoms with Crippen LogP contribution in [0.1, 0.15) is 24.9 Å². The second-order valence-electron chi connectivity index (χ2n) is 3.68. The first kappa shape index (κ1) is 14.3. The molecule has 96 valence electrons. The summed E-state index contributed by atoms with van der Waals surface area (Å²) in [6.45, 7) is 2.13. The third-order valence-electron chi connectivity index (χ3n) is 2.40. The monoisotopic (exact) mass is 258 g/mol. The van der Waals surface area contributed by atoms with E-state index in [1.165, 1.54) is 12.1 Å². The molecule has 0 amide bonds. The summed E-state index contributed by atoms with van der Waals surface area (Å²) in [6.07, 6.45) is 1.11. The number of methoxy groups -OCH3 is 1. The van der Waals surface area contributed by atoms with E-state index in [9.17, 15) is 4.39 Å². The number of thioether (sulfide) groups is 1. The average Bonchev–Trinajstić information content (AvgIpc) is 2.35. The molecule has 0 fully saturated rings.